The van der Waals surface area contributed by atoms with E-state index in [1.54, 1.807) is 36.4 Å². The van der Waals surface area contributed by atoms with Gasteiger partial charge >= 0.3 is 0 Å². The number of carbonyl (C=O) groups is 2. The first kappa shape index (κ1) is 19.9. The molecule has 0 unspecified atom stereocenters. The summed E-state index contributed by atoms with van der Waals surface area (Å²) in [7, 11) is 1.47. The van der Waals surface area contributed by atoms with Crippen molar-refractivity contribution in [1.29, 1.82) is 0 Å². The normalized spacial score (nSPS) is 10.6. The Kier molecular flexibility index (Phi) is 6.02. The lowest BCUT2D eigenvalue weighted by molar-refractivity contribution is -0.116. The Morgan fingerprint density at radius 2 is 1.68 bits per heavy atom. The minimum atomic E-state index is -0.478. The van der Waals surface area contributed by atoms with Gasteiger partial charge < -0.3 is 14.6 Å². The molecule has 3 rings (SSSR count). The Morgan fingerprint density at radius 3 is 2.32 bits per heavy atom. The Hall–Kier alpha value is -2.83. The van der Waals surface area contributed by atoms with Crippen LogP contribution in [-0.2, 0) is 4.79 Å². The van der Waals surface area contributed by atoms with Crippen LogP contribution in [-0.4, -0.2) is 30.3 Å². The number of likely N-dealkylation sites (N-methyl/N-ethyl adjacent to an activating group) is 1. The smallest absolute Gasteiger partial charge is 0.289 e. The van der Waals surface area contributed by atoms with Crippen molar-refractivity contribution in [2.75, 3.05) is 18.9 Å². The lowest BCUT2D eigenvalue weighted by atomic mass is 10.2. The molecule has 3 aromatic rings. The van der Waals surface area contributed by atoms with E-state index in [9.17, 15) is 14.0 Å². The molecule has 0 fully saturated rings. The van der Waals surface area contributed by atoms with Gasteiger partial charge in [-0.1, -0.05) is 29.3 Å². The number of amides is 2. The highest BCUT2D eigenvalue weighted by molar-refractivity contribution is 6.39. The largest absolute Gasteiger partial charge is 0.451 e. The summed E-state index contributed by atoms with van der Waals surface area (Å²) in [5.41, 5.74) is 0.919. The maximum Gasteiger partial charge on any atom is 0.289 e. The molecule has 1 N–H and O–H groups in total. The number of carbonyl (C=O) groups excluding carboxylic acids is 2. The van der Waals surface area contributed by atoms with Crippen LogP contribution in [0.1, 0.15) is 10.6 Å². The van der Waals surface area contributed by atoms with Crippen molar-refractivity contribution >= 4 is 40.7 Å². The molecular weight excluding hydrogens is 406 g/mol. The van der Waals surface area contributed by atoms with Gasteiger partial charge in [0.1, 0.15) is 11.6 Å². The van der Waals surface area contributed by atoms with Gasteiger partial charge in [0.25, 0.3) is 5.91 Å². The van der Waals surface area contributed by atoms with Crippen molar-refractivity contribution in [2.24, 2.45) is 0 Å². The summed E-state index contributed by atoms with van der Waals surface area (Å²) >= 11 is 12.0. The van der Waals surface area contributed by atoms with Gasteiger partial charge in [0.05, 0.1) is 22.3 Å². The van der Waals surface area contributed by atoms with Gasteiger partial charge in [-0.2, -0.15) is 0 Å². The number of halogens is 3. The third-order valence-corrected chi connectivity index (χ3v) is 4.53. The molecule has 0 saturated carbocycles. The lowest BCUT2D eigenvalue weighted by Gasteiger charge is -2.16. The monoisotopic (exact) mass is 420 g/mol. The second-order valence-corrected chi connectivity index (χ2v) is 6.79. The molecule has 1 aromatic heterocycles. The first-order valence-electron chi connectivity index (χ1n) is 8.20. The highest BCUT2D eigenvalue weighted by Crippen LogP contribution is 2.29. The molecule has 144 valence electrons. The van der Waals surface area contributed by atoms with Crippen LogP contribution < -0.4 is 5.32 Å². The van der Waals surface area contributed by atoms with Crippen molar-refractivity contribution < 1.29 is 18.4 Å². The first-order valence-corrected chi connectivity index (χ1v) is 8.96. The molecule has 0 aliphatic heterocycles. The zero-order chi connectivity index (χ0) is 20.3. The van der Waals surface area contributed by atoms with Crippen molar-refractivity contribution in [1.82, 2.24) is 4.90 Å². The van der Waals surface area contributed by atoms with Crippen LogP contribution in [0.25, 0.3) is 11.3 Å². The van der Waals surface area contributed by atoms with E-state index in [-0.39, 0.29) is 23.8 Å². The predicted molar refractivity (Wildman–Crippen MR) is 106 cm³/mol. The van der Waals surface area contributed by atoms with Crippen LogP contribution in [0.4, 0.5) is 10.1 Å². The third-order valence-electron chi connectivity index (χ3n) is 3.90. The SMILES string of the molecule is CN(CC(=O)Nc1c(Cl)cccc1Cl)C(=O)c1ccc(-c2ccc(F)cc2)o1. The second kappa shape index (κ2) is 8.46. The van der Waals surface area contributed by atoms with Gasteiger partial charge in [0.2, 0.25) is 5.91 Å². The van der Waals surface area contributed by atoms with Crippen molar-refractivity contribution in [3.63, 3.8) is 0 Å². The quantitative estimate of drug-likeness (QED) is 0.623. The molecule has 0 spiro atoms. The fourth-order valence-corrected chi connectivity index (χ4v) is 2.99. The molecular formula is C20H15Cl2FN2O3. The molecule has 2 amide bonds. The number of rotatable bonds is 5. The summed E-state index contributed by atoms with van der Waals surface area (Å²) in [6.07, 6.45) is 0. The molecule has 0 saturated heterocycles. The van der Waals surface area contributed by atoms with E-state index in [0.717, 1.165) is 0 Å². The number of anilines is 1. The lowest BCUT2D eigenvalue weighted by Crippen LogP contribution is -2.34. The average Bonchev–Trinajstić information content (AvgIpc) is 3.15. The summed E-state index contributed by atoms with van der Waals surface area (Å²) in [6.45, 7) is -0.229. The zero-order valence-electron chi connectivity index (χ0n) is 14.7. The van der Waals surface area contributed by atoms with Gasteiger partial charge in [0.15, 0.2) is 5.76 Å². The van der Waals surface area contributed by atoms with Gasteiger partial charge in [-0.15, -0.1) is 0 Å². The number of furan rings is 1. The molecule has 1 heterocycles. The summed E-state index contributed by atoms with van der Waals surface area (Å²) < 4.78 is 18.6. The maximum atomic E-state index is 13.0. The topological polar surface area (TPSA) is 62.6 Å². The van der Waals surface area contributed by atoms with Gasteiger partial charge in [-0.05, 0) is 48.5 Å². The van der Waals surface area contributed by atoms with Crippen LogP contribution >= 0.6 is 23.2 Å². The number of hydrogen-bond acceptors (Lipinski definition) is 3. The maximum absolute atomic E-state index is 13.0. The molecule has 5 nitrogen and oxygen atoms in total. The second-order valence-electron chi connectivity index (χ2n) is 5.98. The number of para-hydroxylation sites is 1. The molecule has 28 heavy (non-hydrogen) atoms. The fraction of sp³-hybridized carbons (Fsp3) is 0.100. The van der Waals surface area contributed by atoms with E-state index in [2.05, 4.69) is 5.32 Å². The molecule has 2 aromatic carbocycles. The average molecular weight is 421 g/mol. The summed E-state index contributed by atoms with van der Waals surface area (Å²) in [5, 5.41) is 3.18. The van der Waals surface area contributed by atoms with E-state index in [4.69, 9.17) is 27.6 Å². The van der Waals surface area contributed by atoms with Crippen LogP contribution in [0.3, 0.4) is 0 Å². The molecule has 0 atom stereocenters. The van der Waals surface area contributed by atoms with Gasteiger partial charge in [-0.3, -0.25) is 9.59 Å². The van der Waals surface area contributed by atoms with Crippen molar-refractivity contribution in [2.45, 2.75) is 0 Å². The molecule has 0 bridgehead atoms. The Labute approximate surface area is 170 Å². The highest BCUT2D eigenvalue weighted by Gasteiger charge is 2.20. The summed E-state index contributed by atoms with van der Waals surface area (Å²) in [4.78, 5) is 25.9. The standard InChI is InChI=1S/C20H15Cl2FN2O3/c1-25(11-18(26)24-19-14(21)3-2-4-15(19)22)20(27)17-10-9-16(28-17)12-5-7-13(23)8-6-12/h2-10H,11H2,1H3,(H,24,26). The van der Waals surface area contributed by atoms with Crippen LogP contribution in [0.5, 0.6) is 0 Å². The van der Waals surface area contributed by atoms with Crippen LogP contribution in [0.2, 0.25) is 10.0 Å². The predicted octanol–water partition coefficient (Wildman–Crippen LogP) is 5.10. The Morgan fingerprint density at radius 1 is 1.04 bits per heavy atom. The van der Waals surface area contributed by atoms with E-state index >= 15 is 0 Å². The molecule has 0 aliphatic rings. The summed E-state index contributed by atoms with van der Waals surface area (Å²) in [5.74, 6) is -0.824. The van der Waals surface area contributed by atoms with E-state index in [0.29, 0.717) is 21.4 Å². The van der Waals surface area contributed by atoms with Gasteiger partial charge in [0, 0.05) is 12.6 Å². The summed E-state index contributed by atoms with van der Waals surface area (Å²) in [6, 6.07) is 13.7. The zero-order valence-corrected chi connectivity index (χ0v) is 16.2. The van der Waals surface area contributed by atoms with E-state index in [1.807, 2.05) is 0 Å². The number of benzene rings is 2. The number of nitrogens with zero attached hydrogens (tertiary/aromatic N) is 1. The van der Waals surface area contributed by atoms with Crippen molar-refractivity contribution in [3.8, 4) is 11.3 Å². The number of nitrogens with one attached hydrogen (secondary N) is 1. The van der Waals surface area contributed by atoms with Gasteiger partial charge in [-0.25, -0.2) is 4.39 Å². The first-order chi connectivity index (χ1) is 13.3. The molecule has 0 radical (unpaired) electrons. The van der Waals surface area contributed by atoms with Crippen molar-refractivity contribution in [3.05, 3.63) is 76.2 Å². The van der Waals surface area contributed by atoms with E-state index < -0.39 is 11.8 Å². The Balaban J connectivity index is 1.66. The Bertz CT molecular complexity index is 998. The minimum absolute atomic E-state index is 0.0606. The third kappa shape index (κ3) is 4.52. The van der Waals surface area contributed by atoms with Crippen LogP contribution in [0.15, 0.2) is 59.0 Å². The number of hydrogen-bond donors (Lipinski definition) is 1. The molecule has 8 heteroatoms. The fourth-order valence-electron chi connectivity index (χ4n) is 2.49. The highest BCUT2D eigenvalue weighted by atomic mass is 35.5. The van der Waals surface area contributed by atoms with E-state index in [1.165, 1.54) is 30.1 Å². The molecule has 0 aliphatic carbocycles. The minimum Gasteiger partial charge on any atom is -0.451 e. The van der Waals surface area contributed by atoms with Crippen LogP contribution in [0, 0.1) is 5.82 Å².